The average Bonchev–Trinajstić information content (AvgIpc) is 2.83. The Morgan fingerprint density at radius 1 is 1.06 bits per heavy atom. The van der Waals surface area contributed by atoms with Gasteiger partial charge >= 0.3 is 0 Å². The lowest BCUT2D eigenvalue weighted by molar-refractivity contribution is 0.0681. The Morgan fingerprint density at radius 3 is 2.50 bits per heavy atom. The number of nitrogens with zero attached hydrogens (tertiary/aromatic N) is 1. The van der Waals surface area contributed by atoms with Crippen LogP contribution in [-0.2, 0) is 0 Å². The quantitative estimate of drug-likeness (QED) is 0.732. The van der Waals surface area contributed by atoms with Crippen molar-refractivity contribution in [2.24, 2.45) is 11.8 Å². The van der Waals surface area contributed by atoms with E-state index >= 15 is 0 Å². The van der Waals surface area contributed by atoms with Crippen LogP contribution >= 0.6 is 0 Å². The highest BCUT2D eigenvalue weighted by Crippen LogP contribution is 2.43. The molecule has 1 N–H and O–H groups in total. The van der Waals surface area contributed by atoms with Crippen molar-refractivity contribution in [1.29, 1.82) is 0 Å². The van der Waals surface area contributed by atoms with E-state index in [1.165, 1.54) is 51.7 Å². The van der Waals surface area contributed by atoms with Gasteiger partial charge in [-0.2, -0.15) is 0 Å². The standard InChI is InChI=1S/C14H26N2/c1-14(2)13-9-15-8-11(13)10-16(14)12-6-4-3-5-7-12/h11-13,15H,3-10H2,1-2H3. The topological polar surface area (TPSA) is 15.3 Å². The van der Waals surface area contributed by atoms with E-state index in [1.807, 2.05) is 0 Å². The predicted molar refractivity (Wildman–Crippen MR) is 67.5 cm³/mol. The zero-order chi connectivity index (χ0) is 11.2. The van der Waals surface area contributed by atoms with Gasteiger partial charge in [0, 0.05) is 24.7 Å². The van der Waals surface area contributed by atoms with Crippen LogP contribution in [-0.4, -0.2) is 36.1 Å². The zero-order valence-corrected chi connectivity index (χ0v) is 10.8. The van der Waals surface area contributed by atoms with Crippen LogP contribution in [0.2, 0.25) is 0 Å². The monoisotopic (exact) mass is 222 g/mol. The summed E-state index contributed by atoms with van der Waals surface area (Å²) in [6.45, 7) is 8.84. The second-order valence-corrected chi connectivity index (χ2v) is 6.62. The fourth-order valence-electron chi connectivity index (χ4n) is 4.46. The third-order valence-corrected chi connectivity index (χ3v) is 5.43. The summed E-state index contributed by atoms with van der Waals surface area (Å²) in [5, 5.41) is 3.58. The molecule has 2 atom stereocenters. The molecule has 1 saturated carbocycles. The number of hydrogen-bond acceptors (Lipinski definition) is 2. The molecule has 92 valence electrons. The second kappa shape index (κ2) is 3.99. The first kappa shape index (κ1) is 11.0. The van der Waals surface area contributed by atoms with Gasteiger partial charge in [0.2, 0.25) is 0 Å². The maximum atomic E-state index is 3.58. The Morgan fingerprint density at radius 2 is 1.81 bits per heavy atom. The first-order chi connectivity index (χ1) is 7.69. The molecule has 16 heavy (non-hydrogen) atoms. The van der Waals surface area contributed by atoms with Gasteiger partial charge in [-0.1, -0.05) is 19.3 Å². The Balaban J connectivity index is 1.75. The lowest BCUT2D eigenvalue weighted by Crippen LogP contribution is -2.50. The van der Waals surface area contributed by atoms with E-state index in [-0.39, 0.29) is 0 Å². The van der Waals surface area contributed by atoms with Gasteiger partial charge < -0.3 is 5.32 Å². The molecule has 0 amide bonds. The molecule has 2 nitrogen and oxygen atoms in total. The molecular weight excluding hydrogens is 196 g/mol. The van der Waals surface area contributed by atoms with Crippen LogP contribution in [0, 0.1) is 11.8 Å². The molecule has 3 rings (SSSR count). The van der Waals surface area contributed by atoms with Crippen molar-refractivity contribution in [3.63, 3.8) is 0 Å². The summed E-state index contributed by atoms with van der Waals surface area (Å²) < 4.78 is 0. The van der Waals surface area contributed by atoms with Crippen molar-refractivity contribution in [1.82, 2.24) is 10.2 Å². The van der Waals surface area contributed by atoms with E-state index in [0.717, 1.165) is 17.9 Å². The summed E-state index contributed by atoms with van der Waals surface area (Å²) in [4.78, 5) is 2.86. The van der Waals surface area contributed by atoms with Crippen LogP contribution in [0.15, 0.2) is 0 Å². The highest BCUT2D eigenvalue weighted by molar-refractivity contribution is 5.06. The molecule has 3 aliphatic rings. The highest BCUT2D eigenvalue weighted by Gasteiger charge is 2.51. The molecule has 2 aliphatic heterocycles. The summed E-state index contributed by atoms with van der Waals surface area (Å²) in [7, 11) is 0. The van der Waals surface area contributed by atoms with Crippen molar-refractivity contribution in [3.05, 3.63) is 0 Å². The smallest absolute Gasteiger partial charge is 0.0200 e. The first-order valence-corrected chi connectivity index (χ1v) is 7.17. The van der Waals surface area contributed by atoms with Gasteiger partial charge in [-0.3, -0.25) is 4.90 Å². The number of fused-ring (bicyclic) bond motifs is 1. The maximum absolute atomic E-state index is 3.58. The molecule has 0 spiro atoms. The van der Waals surface area contributed by atoms with E-state index in [0.29, 0.717) is 5.54 Å². The normalized spacial score (nSPS) is 40.1. The van der Waals surface area contributed by atoms with Crippen LogP contribution in [0.3, 0.4) is 0 Å². The van der Waals surface area contributed by atoms with Gasteiger partial charge in [-0.05, 0) is 45.1 Å². The summed E-state index contributed by atoms with van der Waals surface area (Å²) in [5.41, 5.74) is 0.441. The summed E-state index contributed by atoms with van der Waals surface area (Å²) in [6.07, 6.45) is 7.31. The van der Waals surface area contributed by atoms with Gasteiger partial charge in [0.15, 0.2) is 0 Å². The average molecular weight is 222 g/mol. The molecule has 0 aromatic carbocycles. The van der Waals surface area contributed by atoms with Crippen molar-refractivity contribution in [2.45, 2.75) is 57.5 Å². The van der Waals surface area contributed by atoms with Crippen molar-refractivity contribution >= 4 is 0 Å². The molecule has 2 saturated heterocycles. The minimum Gasteiger partial charge on any atom is -0.316 e. The molecule has 3 fully saturated rings. The lowest BCUT2D eigenvalue weighted by atomic mass is 9.83. The highest BCUT2D eigenvalue weighted by atomic mass is 15.3. The molecule has 0 bridgehead atoms. The van der Waals surface area contributed by atoms with Crippen LogP contribution in [0.4, 0.5) is 0 Å². The van der Waals surface area contributed by atoms with Crippen molar-refractivity contribution < 1.29 is 0 Å². The van der Waals surface area contributed by atoms with E-state index < -0.39 is 0 Å². The molecule has 2 unspecified atom stereocenters. The van der Waals surface area contributed by atoms with E-state index in [2.05, 4.69) is 24.1 Å². The minimum atomic E-state index is 0.441. The summed E-state index contributed by atoms with van der Waals surface area (Å²) >= 11 is 0. The van der Waals surface area contributed by atoms with Gasteiger partial charge in [0.1, 0.15) is 0 Å². The Kier molecular flexibility index (Phi) is 2.75. The summed E-state index contributed by atoms with van der Waals surface area (Å²) in [5.74, 6) is 1.83. The molecular formula is C14H26N2. The van der Waals surface area contributed by atoms with Crippen LogP contribution in [0.25, 0.3) is 0 Å². The number of nitrogens with one attached hydrogen (secondary N) is 1. The van der Waals surface area contributed by atoms with Gasteiger partial charge in [-0.15, -0.1) is 0 Å². The van der Waals surface area contributed by atoms with E-state index in [9.17, 15) is 0 Å². The third-order valence-electron chi connectivity index (χ3n) is 5.43. The molecule has 2 heteroatoms. The van der Waals surface area contributed by atoms with E-state index in [4.69, 9.17) is 0 Å². The Bertz CT molecular complexity index is 255. The van der Waals surface area contributed by atoms with E-state index in [1.54, 1.807) is 0 Å². The van der Waals surface area contributed by atoms with Crippen molar-refractivity contribution in [2.75, 3.05) is 19.6 Å². The first-order valence-electron chi connectivity index (χ1n) is 7.17. The van der Waals surface area contributed by atoms with Gasteiger partial charge in [-0.25, -0.2) is 0 Å². The number of hydrogen-bond donors (Lipinski definition) is 1. The van der Waals surface area contributed by atoms with Crippen LogP contribution < -0.4 is 5.32 Å². The third kappa shape index (κ3) is 1.62. The molecule has 1 aliphatic carbocycles. The number of rotatable bonds is 1. The van der Waals surface area contributed by atoms with Crippen LogP contribution in [0.1, 0.15) is 46.0 Å². The van der Waals surface area contributed by atoms with Gasteiger partial charge in [0.05, 0.1) is 0 Å². The Labute approximate surface area is 99.8 Å². The second-order valence-electron chi connectivity index (χ2n) is 6.62. The van der Waals surface area contributed by atoms with Crippen LogP contribution in [0.5, 0.6) is 0 Å². The minimum absolute atomic E-state index is 0.441. The Hall–Kier alpha value is -0.0800. The summed E-state index contributed by atoms with van der Waals surface area (Å²) in [6, 6.07) is 0.898. The predicted octanol–water partition coefficient (Wildman–Crippen LogP) is 2.25. The SMILES string of the molecule is CC1(C)C2CNCC2CN1C1CCCCC1. The molecule has 2 heterocycles. The largest absolute Gasteiger partial charge is 0.316 e. The molecule has 0 radical (unpaired) electrons. The maximum Gasteiger partial charge on any atom is 0.0200 e. The molecule has 0 aromatic rings. The van der Waals surface area contributed by atoms with Crippen molar-refractivity contribution in [3.8, 4) is 0 Å². The zero-order valence-electron chi connectivity index (χ0n) is 10.8. The fraction of sp³-hybridized carbons (Fsp3) is 1.00. The molecule has 0 aromatic heterocycles. The van der Waals surface area contributed by atoms with Gasteiger partial charge in [0.25, 0.3) is 0 Å². The number of likely N-dealkylation sites (tertiary alicyclic amines) is 1. The lowest BCUT2D eigenvalue weighted by Gasteiger charge is -2.42. The fourth-order valence-corrected chi connectivity index (χ4v) is 4.46.